The number of aromatic nitrogens is 1. The summed E-state index contributed by atoms with van der Waals surface area (Å²) in [7, 11) is 9.89. The van der Waals surface area contributed by atoms with Crippen LogP contribution in [0.1, 0.15) is 5.69 Å². The number of pyridine rings is 1. The van der Waals surface area contributed by atoms with Crippen LogP contribution in [0, 0.1) is 0 Å². The first-order valence-electron chi connectivity index (χ1n) is 3.32. The summed E-state index contributed by atoms with van der Waals surface area (Å²) in [5.74, 6) is 0. The summed E-state index contributed by atoms with van der Waals surface area (Å²) in [4.78, 5) is 4.05. The Morgan fingerprint density at radius 2 is 2.08 bits per heavy atom. The molecule has 12 heavy (non-hydrogen) atoms. The van der Waals surface area contributed by atoms with Gasteiger partial charge in [0.25, 0.3) is 0 Å². The van der Waals surface area contributed by atoms with E-state index in [4.69, 9.17) is 22.1 Å². The molecular formula is C7H10BiCl2NO+2. The summed E-state index contributed by atoms with van der Waals surface area (Å²) in [6, 6.07) is 5.76. The quantitative estimate of drug-likeness (QED) is 0.542. The van der Waals surface area contributed by atoms with Gasteiger partial charge in [0.15, 0.2) is 0 Å². The topological polar surface area (TPSA) is 35.8 Å². The number of nitrogens with zero attached hydrogens (tertiary/aromatic N) is 1. The second-order valence-corrected chi connectivity index (χ2v) is 6.87. The van der Waals surface area contributed by atoms with Crippen molar-refractivity contribution in [2.75, 3.05) is 6.61 Å². The van der Waals surface area contributed by atoms with Crippen LogP contribution in [-0.4, -0.2) is 37.5 Å². The molecule has 0 aliphatic heterocycles. The van der Waals surface area contributed by atoms with Crippen LogP contribution >= 0.6 is 17.0 Å². The van der Waals surface area contributed by atoms with Crippen LogP contribution in [0.25, 0.3) is 0 Å². The molecule has 2 radical (unpaired) electrons. The second kappa shape index (κ2) is 9.66. The predicted molar refractivity (Wildman–Crippen MR) is 53.9 cm³/mol. The van der Waals surface area contributed by atoms with Gasteiger partial charge in [-0.15, -0.1) is 0 Å². The molecule has 1 aromatic rings. The molecule has 0 saturated heterocycles. The van der Waals surface area contributed by atoms with Crippen molar-refractivity contribution < 1.29 is 5.11 Å². The van der Waals surface area contributed by atoms with Gasteiger partial charge in [0.2, 0.25) is 0 Å². The molecule has 1 aromatic heterocycles. The van der Waals surface area contributed by atoms with Crippen molar-refractivity contribution in [3.8, 4) is 0 Å². The standard InChI is InChI=1S/C7H9NO.Bi.2ClH/c9-6-4-7-3-1-2-5-8-7;;;/h1-3,5,9H,4,6H2;;2*1H/q;+3;;/p-1. The first-order chi connectivity index (χ1) is 5.85. The van der Waals surface area contributed by atoms with Crippen molar-refractivity contribution in [2.24, 2.45) is 0 Å². The average molecular weight is 404 g/mol. The Bertz CT molecular complexity index is 186. The van der Waals surface area contributed by atoms with Crippen molar-refractivity contribution >= 4 is 37.9 Å². The third-order valence-corrected chi connectivity index (χ3v) is 1.11. The zero-order valence-electron chi connectivity index (χ0n) is 6.37. The van der Waals surface area contributed by atoms with E-state index < -0.39 is 20.8 Å². The molecule has 0 fully saturated rings. The Labute approximate surface area is 90.6 Å². The fourth-order valence-electron chi connectivity index (χ4n) is 0.674. The minimum Gasteiger partial charge on any atom is -0.445 e. The minimum absolute atomic E-state index is 0.428. The van der Waals surface area contributed by atoms with Crippen LogP contribution in [0.5, 0.6) is 0 Å². The second-order valence-electron chi connectivity index (χ2n) is 1.88. The van der Waals surface area contributed by atoms with Crippen LogP contribution < -0.4 is 0 Å². The molecule has 5 heteroatoms. The van der Waals surface area contributed by atoms with E-state index in [1.807, 2.05) is 18.2 Å². The van der Waals surface area contributed by atoms with E-state index >= 15 is 0 Å². The first-order valence-corrected chi connectivity index (χ1v) is 11.9. The molecule has 2 N–H and O–H groups in total. The molecule has 1 heterocycles. The van der Waals surface area contributed by atoms with Gasteiger partial charge in [0.1, 0.15) is 6.61 Å². The summed E-state index contributed by atoms with van der Waals surface area (Å²) >= 11 is -0.889. The Morgan fingerprint density at radius 3 is 2.50 bits per heavy atom. The van der Waals surface area contributed by atoms with Crippen molar-refractivity contribution in [2.45, 2.75) is 6.42 Å². The maximum absolute atomic E-state index is 6.90. The fraction of sp³-hybridized carbons (Fsp3) is 0.286. The molecular weight excluding hydrogens is 394 g/mol. The van der Waals surface area contributed by atoms with E-state index in [9.17, 15) is 0 Å². The fourth-order valence-corrected chi connectivity index (χ4v) is 0.674. The van der Waals surface area contributed by atoms with Gasteiger partial charge in [-0.3, -0.25) is 4.98 Å². The summed E-state index contributed by atoms with van der Waals surface area (Å²) < 4.78 is 0. The van der Waals surface area contributed by atoms with E-state index in [1.54, 1.807) is 6.20 Å². The summed E-state index contributed by atoms with van der Waals surface area (Å²) in [6.45, 7) is 0.428. The van der Waals surface area contributed by atoms with Gasteiger partial charge in [-0.25, -0.2) is 0 Å². The van der Waals surface area contributed by atoms with E-state index in [1.165, 1.54) is 0 Å². The Morgan fingerprint density at radius 1 is 1.42 bits per heavy atom. The number of halogens is 2. The maximum Gasteiger partial charge on any atom is 0.149 e. The summed E-state index contributed by atoms with van der Waals surface area (Å²) in [6.07, 6.45) is 2.52. The van der Waals surface area contributed by atoms with Crippen molar-refractivity contribution in [3.63, 3.8) is 0 Å². The molecule has 0 atom stereocenters. The normalized spacial score (nSPS) is 8.58. The SMILES string of the molecule is [Cl][Bi+][Cl].[OH2+]CCc1ccccn1. The van der Waals surface area contributed by atoms with Crippen LogP contribution in [0.15, 0.2) is 24.4 Å². The monoisotopic (exact) mass is 403 g/mol. The minimum atomic E-state index is -0.889. The molecule has 0 saturated carbocycles. The van der Waals surface area contributed by atoms with Crippen molar-refractivity contribution in [3.05, 3.63) is 30.1 Å². The van der Waals surface area contributed by atoms with Gasteiger partial charge >= 0.3 is 37.9 Å². The molecule has 66 valence electrons. The summed E-state index contributed by atoms with van der Waals surface area (Å²) in [5, 5.41) is 6.90. The zero-order chi connectivity index (χ0) is 9.23. The Balaban J connectivity index is 0.000000354. The van der Waals surface area contributed by atoms with E-state index in [0.717, 1.165) is 12.1 Å². The van der Waals surface area contributed by atoms with Gasteiger partial charge < -0.3 is 5.11 Å². The molecule has 0 aromatic carbocycles. The molecule has 0 spiro atoms. The van der Waals surface area contributed by atoms with E-state index in [-0.39, 0.29) is 0 Å². The van der Waals surface area contributed by atoms with Crippen molar-refractivity contribution in [1.82, 2.24) is 4.98 Å². The van der Waals surface area contributed by atoms with Gasteiger partial charge in [-0.05, 0) is 12.1 Å². The van der Waals surface area contributed by atoms with Gasteiger partial charge in [-0.1, -0.05) is 6.07 Å². The largest absolute Gasteiger partial charge is 0.445 e. The van der Waals surface area contributed by atoms with Crippen LogP contribution in [0.4, 0.5) is 0 Å². The van der Waals surface area contributed by atoms with Crippen LogP contribution in [-0.2, 0) is 6.42 Å². The molecule has 1 rings (SSSR count). The third kappa shape index (κ3) is 7.23. The average Bonchev–Trinajstić information content (AvgIpc) is 2.08. The molecule has 0 aliphatic rings. The Hall–Kier alpha value is 0.573. The first kappa shape index (κ1) is 12.6. The smallest absolute Gasteiger partial charge is 0.149 e. The number of hydrogen-bond acceptors (Lipinski definition) is 1. The molecule has 2 nitrogen and oxygen atoms in total. The predicted octanol–water partition coefficient (Wildman–Crippen LogP) is 1.35. The third-order valence-electron chi connectivity index (χ3n) is 1.11. The number of hydrogen-bond donors (Lipinski definition) is 0. The summed E-state index contributed by atoms with van der Waals surface area (Å²) in [5.41, 5.74) is 1.01. The number of rotatable bonds is 2. The maximum atomic E-state index is 6.90. The Kier molecular flexibility index (Phi) is 10.1. The van der Waals surface area contributed by atoms with Gasteiger partial charge in [0.05, 0.1) is 6.42 Å². The molecule has 0 bridgehead atoms. The van der Waals surface area contributed by atoms with Crippen LogP contribution in [0.3, 0.4) is 0 Å². The van der Waals surface area contributed by atoms with E-state index in [0.29, 0.717) is 6.61 Å². The molecule has 0 aliphatic carbocycles. The van der Waals surface area contributed by atoms with Gasteiger partial charge in [-0.2, -0.15) is 0 Å². The van der Waals surface area contributed by atoms with Crippen molar-refractivity contribution in [1.29, 1.82) is 0 Å². The van der Waals surface area contributed by atoms with E-state index in [2.05, 4.69) is 4.98 Å². The molecule has 0 amide bonds. The molecule has 0 unspecified atom stereocenters. The van der Waals surface area contributed by atoms with Crippen LogP contribution in [0.2, 0.25) is 0 Å². The zero-order valence-corrected chi connectivity index (χ0v) is 11.4. The van der Waals surface area contributed by atoms with Gasteiger partial charge in [0, 0.05) is 11.9 Å².